The minimum atomic E-state index is -5.03. The monoisotopic (exact) mass is 554 g/mol. The largest absolute Gasteiger partial charge is 0.446 e. The Morgan fingerprint density at radius 3 is 2.47 bits per heavy atom. The summed E-state index contributed by atoms with van der Waals surface area (Å²) in [6, 6.07) is 7.57. The van der Waals surface area contributed by atoms with E-state index in [-0.39, 0.29) is 38.7 Å². The van der Waals surface area contributed by atoms with Crippen LogP contribution in [0.1, 0.15) is 18.2 Å². The van der Waals surface area contributed by atoms with Crippen molar-refractivity contribution in [3.8, 4) is 29.0 Å². The Kier molecular flexibility index (Phi) is 7.77. The molecule has 38 heavy (non-hydrogen) atoms. The molecule has 0 saturated heterocycles. The number of rotatable bonds is 7. The molecule has 1 aromatic heterocycles. The molecule has 0 aliphatic carbocycles. The summed E-state index contributed by atoms with van der Waals surface area (Å²) in [5, 5.41) is 20.3. The third-order valence-electron chi connectivity index (χ3n) is 4.87. The lowest BCUT2D eigenvalue weighted by Gasteiger charge is -2.17. The predicted molar refractivity (Wildman–Crippen MR) is 122 cm³/mol. The van der Waals surface area contributed by atoms with E-state index < -0.39 is 56.2 Å². The van der Waals surface area contributed by atoms with Gasteiger partial charge in [0.25, 0.3) is 5.56 Å². The zero-order chi connectivity index (χ0) is 28.4. The van der Waals surface area contributed by atoms with Gasteiger partial charge in [0.2, 0.25) is 11.5 Å². The van der Waals surface area contributed by atoms with Gasteiger partial charge < -0.3 is 4.74 Å². The van der Waals surface area contributed by atoms with Crippen molar-refractivity contribution >= 4 is 23.3 Å². The fourth-order valence-corrected chi connectivity index (χ4v) is 3.47. The maximum absolute atomic E-state index is 13.2. The molecule has 2 aromatic carbocycles. The van der Waals surface area contributed by atoms with Gasteiger partial charge in [0.15, 0.2) is 5.75 Å². The van der Waals surface area contributed by atoms with E-state index in [2.05, 4.69) is 4.89 Å². The van der Waals surface area contributed by atoms with Crippen LogP contribution in [-0.2, 0) is 29.3 Å². The van der Waals surface area contributed by atoms with E-state index in [1.807, 2.05) is 6.07 Å². The summed E-state index contributed by atoms with van der Waals surface area (Å²) in [5.74, 6) is -2.08. The fourth-order valence-electron chi connectivity index (χ4n) is 3.23. The molecule has 1 heterocycles. The molecule has 0 bridgehead atoms. The molecule has 0 N–H and O–H groups in total. The molecule has 0 fully saturated rings. The van der Waals surface area contributed by atoms with Gasteiger partial charge >= 0.3 is 23.5 Å². The smallest absolute Gasteiger partial charge is 0.431 e. The molecule has 3 aromatic rings. The van der Waals surface area contributed by atoms with Crippen molar-refractivity contribution in [3.05, 3.63) is 83.6 Å². The van der Waals surface area contributed by atoms with E-state index in [9.17, 15) is 37.7 Å². The highest BCUT2D eigenvalue weighted by molar-refractivity contribution is 6.32. The molecule has 0 amide bonds. The average molecular weight is 555 g/mol. The van der Waals surface area contributed by atoms with E-state index in [1.165, 1.54) is 18.2 Å². The van der Waals surface area contributed by atoms with Crippen LogP contribution in [0.4, 0.5) is 18.9 Å². The minimum Gasteiger partial charge on any atom is -0.446 e. The van der Waals surface area contributed by atoms with Crippen LogP contribution in [0, 0.1) is 21.4 Å². The van der Waals surface area contributed by atoms with Gasteiger partial charge in [0, 0.05) is 37.7 Å². The first-order valence-electron chi connectivity index (χ1n) is 10.2. The van der Waals surface area contributed by atoms with Crippen LogP contribution in [0.15, 0.2) is 46.0 Å². The SMILES string of the molecule is CC(=O)OOc1cccc(CC#N)c1Oc1cc(-n2c(=O)cc(C(F)(F)F)n(C)c2=O)c(Cl)cc1[N+](=O)[O-]. The zero-order valence-electron chi connectivity index (χ0n) is 19.2. The number of nitro benzene ring substituents is 1. The Labute approximate surface area is 214 Å². The minimum absolute atomic E-state index is 0.130. The summed E-state index contributed by atoms with van der Waals surface area (Å²) in [4.78, 5) is 56.6. The lowest BCUT2D eigenvalue weighted by atomic mass is 10.1. The Bertz CT molecular complexity index is 1610. The third-order valence-corrected chi connectivity index (χ3v) is 5.17. The van der Waals surface area contributed by atoms with Crippen LogP contribution in [0.25, 0.3) is 5.69 Å². The maximum Gasteiger partial charge on any atom is 0.431 e. The number of ether oxygens (including phenoxy) is 1. The standard InChI is InChI=1S/C22H14ClF3N4O8/c1-11(31)37-38-16-5-3-4-12(6-7-27)20(16)36-17-9-14(13(23)8-15(17)30(34)35)29-19(32)10-18(22(24,25)26)28(2)21(29)33/h3-5,8-10H,6H2,1-2H3. The molecule has 198 valence electrons. The lowest BCUT2D eigenvalue weighted by Crippen LogP contribution is -2.40. The van der Waals surface area contributed by atoms with Crippen molar-refractivity contribution in [1.29, 1.82) is 5.26 Å². The highest BCUT2D eigenvalue weighted by Crippen LogP contribution is 2.42. The number of alkyl halides is 3. The first-order valence-corrected chi connectivity index (χ1v) is 10.5. The van der Waals surface area contributed by atoms with Gasteiger partial charge in [-0.25, -0.2) is 14.2 Å². The molecule has 0 aliphatic heterocycles. The van der Waals surface area contributed by atoms with Crippen LogP contribution in [0.5, 0.6) is 17.2 Å². The number of nitrogens with zero attached hydrogens (tertiary/aromatic N) is 4. The Hall–Kier alpha value is -4.84. The predicted octanol–water partition coefficient (Wildman–Crippen LogP) is 3.83. The van der Waals surface area contributed by atoms with Crippen LogP contribution >= 0.6 is 11.6 Å². The van der Waals surface area contributed by atoms with Gasteiger partial charge in [-0.05, 0) is 6.07 Å². The Balaban J connectivity index is 2.28. The summed E-state index contributed by atoms with van der Waals surface area (Å²) < 4.78 is 45.8. The number of aromatic nitrogens is 2. The van der Waals surface area contributed by atoms with Crippen molar-refractivity contribution in [2.24, 2.45) is 7.05 Å². The Morgan fingerprint density at radius 2 is 1.89 bits per heavy atom. The normalized spacial score (nSPS) is 11.0. The third kappa shape index (κ3) is 5.60. The molecule has 16 heteroatoms. The number of hydrogen-bond donors (Lipinski definition) is 0. The second-order valence-electron chi connectivity index (χ2n) is 7.41. The van der Waals surface area contributed by atoms with Crippen molar-refractivity contribution in [3.63, 3.8) is 0 Å². The molecule has 0 radical (unpaired) electrons. The first-order chi connectivity index (χ1) is 17.8. The average Bonchev–Trinajstić information content (AvgIpc) is 2.82. The topological polar surface area (TPSA) is 156 Å². The molecule has 0 spiro atoms. The molecular formula is C22H14ClF3N4O8. The lowest BCUT2D eigenvalue weighted by molar-refractivity contribution is -0.385. The van der Waals surface area contributed by atoms with Gasteiger partial charge in [0.1, 0.15) is 5.69 Å². The molecule has 12 nitrogen and oxygen atoms in total. The van der Waals surface area contributed by atoms with E-state index in [0.717, 1.165) is 26.1 Å². The van der Waals surface area contributed by atoms with Gasteiger partial charge in [-0.15, -0.1) is 0 Å². The van der Waals surface area contributed by atoms with Crippen LogP contribution in [-0.4, -0.2) is 20.0 Å². The number of hydrogen-bond acceptors (Lipinski definition) is 9. The molecule has 0 saturated carbocycles. The van der Waals surface area contributed by atoms with Gasteiger partial charge in [0.05, 0.1) is 28.1 Å². The molecule has 3 rings (SSSR count). The molecule has 0 atom stereocenters. The van der Waals surface area contributed by atoms with Crippen molar-refractivity contribution in [2.75, 3.05) is 0 Å². The van der Waals surface area contributed by atoms with Crippen molar-refractivity contribution in [1.82, 2.24) is 9.13 Å². The summed E-state index contributed by atoms with van der Waals surface area (Å²) in [6.45, 7) is 1.03. The second-order valence-corrected chi connectivity index (χ2v) is 7.82. The summed E-state index contributed by atoms with van der Waals surface area (Å²) in [5.41, 5.74) is -5.59. The molecule has 0 aliphatic rings. The number of carbonyl (C=O) groups is 1. The number of para-hydroxylation sites is 1. The van der Waals surface area contributed by atoms with E-state index >= 15 is 0 Å². The number of nitriles is 1. The van der Waals surface area contributed by atoms with Crippen molar-refractivity contribution < 1.29 is 37.4 Å². The highest BCUT2D eigenvalue weighted by Gasteiger charge is 2.35. The van der Waals surface area contributed by atoms with Gasteiger partial charge in [-0.2, -0.15) is 18.4 Å². The summed E-state index contributed by atoms with van der Waals surface area (Å²) in [6.07, 6.45) is -5.32. The van der Waals surface area contributed by atoms with E-state index in [4.69, 9.17) is 26.5 Å². The number of halogens is 4. The maximum atomic E-state index is 13.2. The first kappa shape index (κ1) is 27.7. The van der Waals surface area contributed by atoms with Gasteiger partial charge in [-0.3, -0.25) is 29.3 Å². The number of benzene rings is 2. The van der Waals surface area contributed by atoms with E-state index in [1.54, 1.807) is 0 Å². The molecule has 0 unspecified atom stereocenters. The quantitative estimate of drug-likeness (QED) is 0.240. The molecular weight excluding hydrogens is 541 g/mol. The Morgan fingerprint density at radius 1 is 1.21 bits per heavy atom. The summed E-state index contributed by atoms with van der Waals surface area (Å²) in [7, 11) is 0.772. The highest BCUT2D eigenvalue weighted by atomic mass is 35.5. The van der Waals surface area contributed by atoms with Crippen molar-refractivity contribution in [2.45, 2.75) is 19.5 Å². The number of carbonyl (C=O) groups excluding carboxylic acids is 1. The van der Waals surface area contributed by atoms with Crippen LogP contribution in [0.3, 0.4) is 0 Å². The fraction of sp³-hybridized carbons (Fsp3) is 0.182. The summed E-state index contributed by atoms with van der Waals surface area (Å²) >= 11 is 6.09. The van der Waals surface area contributed by atoms with Gasteiger partial charge in [-0.1, -0.05) is 23.7 Å². The zero-order valence-corrected chi connectivity index (χ0v) is 20.0. The van der Waals surface area contributed by atoms with Crippen LogP contribution < -0.4 is 20.9 Å². The van der Waals surface area contributed by atoms with Crippen LogP contribution in [0.2, 0.25) is 5.02 Å². The number of nitro groups is 1. The second kappa shape index (κ2) is 10.6. The van der Waals surface area contributed by atoms with E-state index in [0.29, 0.717) is 0 Å².